The van der Waals surface area contributed by atoms with E-state index < -0.39 is 0 Å². The monoisotopic (exact) mass is 1120 g/mol. The van der Waals surface area contributed by atoms with E-state index in [1.165, 1.54) is 88.5 Å². The number of hydrogen-bond donors (Lipinski definition) is 0. The molecule has 8 rings (SSSR count). The number of allylic oxidation sites excluding steroid dienone is 8. The van der Waals surface area contributed by atoms with Crippen molar-refractivity contribution in [3.8, 4) is 0 Å². The van der Waals surface area contributed by atoms with Crippen LogP contribution < -0.4 is 49.6 Å². The Balaban J connectivity index is 0. The quantitative estimate of drug-likeness (QED) is 0.131. The summed E-state index contributed by atoms with van der Waals surface area (Å²) < 4.78 is 0. The Morgan fingerprint density at radius 3 is 0.986 bits per heavy atom. The molecule has 0 unspecified atom stereocenters. The van der Waals surface area contributed by atoms with Crippen LogP contribution in [-0.2, 0) is 60.0 Å². The van der Waals surface area contributed by atoms with Gasteiger partial charge in [-0.05, 0) is 21.7 Å². The minimum absolute atomic E-state index is 0. The number of benzene rings is 4. The van der Waals surface area contributed by atoms with Gasteiger partial charge in [-0.1, -0.05) is 194 Å². The van der Waals surface area contributed by atoms with Gasteiger partial charge in [-0.3, -0.25) is 12.2 Å². The zero-order chi connectivity index (χ0) is 49.8. The van der Waals surface area contributed by atoms with Crippen LogP contribution in [0.1, 0.15) is 158 Å². The first-order chi connectivity index (χ1) is 30.6. The number of fused-ring (bicyclic) bond motifs is 6. The van der Waals surface area contributed by atoms with Gasteiger partial charge in [0.2, 0.25) is 0 Å². The summed E-state index contributed by atoms with van der Waals surface area (Å²) in [5.74, 6) is 0. The Morgan fingerprint density at radius 1 is 0.500 bits per heavy atom. The average molecular weight is 1120 g/mol. The van der Waals surface area contributed by atoms with Crippen LogP contribution in [0.3, 0.4) is 0 Å². The van der Waals surface area contributed by atoms with Crippen LogP contribution in [-0.4, -0.2) is 12.4 Å². The summed E-state index contributed by atoms with van der Waals surface area (Å²) in [6.07, 6.45) is 18.9. The van der Waals surface area contributed by atoms with Crippen LogP contribution in [0.25, 0.3) is 43.1 Å². The van der Waals surface area contributed by atoms with Crippen molar-refractivity contribution in [1.82, 2.24) is 0 Å². The smallest absolute Gasteiger partial charge is 1.00 e. The molecule has 0 saturated heterocycles. The summed E-state index contributed by atoms with van der Waals surface area (Å²) in [5.41, 5.74) is 10.7. The predicted octanol–water partition coefficient (Wildman–Crippen LogP) is 7.15. The Hall–Kier alpha value is -1.40. The molecule has 0 aromatic heterocycles. The molecule has 2 aliphatic carbocycles. The molecule has 0 amide bonds. The van der Waals surface area contributed by atoms with Gasteiger partial charge in [-0.2, -0.15) is 17.7 Å². The van der Waals surface area contributed by atoms with Gasteiger partial charge >= 0.3 is 76.9 Å². The first kappa shape index (κ1) is 70.7. The van der Waals surface area contributed by atoms with E-state index in [0.717, 1.165) is 25.7 Å². The molecule has 0 fully saturated rings. The molecule has 6 aromatic rings. The van der Waals surface area contributed by atoms with E-state index in [1.54, 1.807) is 0 Å². The third kappa shape index (κ3) is 22.2. The fourth-order valence-corrected chi connectivity index (χ4v) is 7.85. The van der Waals surface area contributed by atoms with Crippen molar-refractivity contribution in [3.63, 3.8) is 0 Å². The van der Waals surface area contributed by atoms with Gasteiger partial charge in [0, 0.05) is 0 Å². The molecular formula is C62H84Cl4Si2Ti2-6. The summed E-state index contributed by atoms with van der Waals surface area (Å²) in [6.45, 7) is 42.9. The van der Waals surface area contributed by atoms with Gasteiger partial charge in [0.1, 0.15) is 0 Å². The average Bonchev–Trinajstić information content (AvgIpc) is 4.04. The molecule has 6 aromatic carbocycles. The van der Waals surface area contributed by atoms with Crippen molar-refractivity contribution < 1.29 is 88.0 Å². The van der Waals surface area contributed by atoms with Gasteiger partial charge < -0.3 is 49.6 Å². The normalized spacial score (nSPS) is 12.7. The maximum absolute atomic E-state index is 3.33. The molecule has 0 atom stereocenters. The molecule has 0 nitrogen and oxygen atoms in total. The van der Waals surface area contributed by atoms with E-state index in [4.69, 9.17) is 0 Å². The molecule has 382 valence electrons. The zero-order valence-electron chi connectivity index (χ0n) is 46.4. The Labute approximate surface area is 477 Å². The molecular weight excluding hydrogens is 1040 g/mol. The van der Waals surface area contributed by atoms with Crippen LogP contribution in [0.5, 0.6) is 0 Å². The van der Waals surface area contributed by atoms with Crippen molar-refractivity contribution >= 4 is 55.5 Å². The number of hydrogen-bond acceptors (Lipinski definition) is 0. The van der Waals surface area contributed by atoms with Gasteiger partial charge in [-0.25, -0.2) is 17.2 Å². The molecule has 0 heterocycles. The molecule has 0 aliphatic heterocycles. The van der Waals surface area contributed by atoms with Crippen molar-refractivity contribution in [1.29, 1.82) is 0 Å². The number of halogens is 4. The number of rotatable bonds is 3. The van der Waals surface area contributed by atoms with E-state index in [1.807, 2.05) is 0 Å². The van der Waals surface area contributed by atoms with Crippen molar-refractivity contribution in [2.24, 2.45) is 0 Å². The first-order valence-electron chi connectivity index (χ1n) is 24.5. The first-order valence-corrected chi connectivity index (χ1v) is 34.2. The Bertz CT molecular complexity index is 2400. The van der Waals surface area contributed by atoms with Gasteiger partial charge in [0.25, 0.3) is 0 Å². The van der Waals surface area contributed by atoms with Crippen LogP contribution in [0.4, 0.5) is 0 Å². The maximum atomic E-state index is 3.33. The Morgan fingerprint density at radius 2 is 0.800 bits per heavy atom. The summed E-state index contributed by atoms with van der Waals surface area (Å²) >= 11 is 4.54. The van der Waals surface area contributed by atoms with E-state index in [2.05, 4.69) is 284 Å². The van der Waals surface area contributed by atoms with Crippen LogP contribution >= 0.6 is 0 Å². The minimum atomic E-state index is 0. The molecule has 0 saturated carbocycles. The van der Waals surface area contributed by atoms with Gasteiger partial charge in [0.05, 0.1) is 0 Å². The third-order valence-corrected chi connectivity index (χ3v) is 11.8. The van der Waals surface area contributed by atoms with Crippen LogP contribution in [0.2, 0.25) is 26.2 Å². The summed E-state index contributed by atoms with van der Waals surface area (Å²) in [4.78, 5) is 0. The minimum Gasteiger partial charge on any atom is -1.00 e. The molecule has 70 heavy (non-hydrogen) atoms. The third-order valence-electron chi connectivity index (χ3n) is 11.8. The summed E-state index contributed by atoms with van der Waals surface area (Å²) in [7, 11) is 0. The SMILES string of the molecule is CC(C)(C)c1ccc2c(c1)[cH-]c1cc(C(C)(C)C)ccc12.CC(C)(C)c1ccc2c(c1)[cH-]c1cc(C(C)(C)C)ccc12.CCC1=[C-]CC=C1.CCC1=[C-]CC=C1CC.C[Si](C)=[Ti+2].C[Si](C)=[Ti].[Cl-].[Cl-].[Cl-].[Cl-]. The van der Waals surface area contributed by atoms with E-state index in [9.17, 15) is 0 Å². The Kier molecular flexibility index (Phi) is 31.8. The largest absolute Gasteiger partial charge is 1.00 e. The topological polar surface area (TPSA) is 0 Å². The van der Waals surface area contributed by atoms with E-state index >= 15 is 0 Å². The standard InChI is InChI=1S/2C21H25.C9H13.C7H9.2C2H6Si.4ClH.2Ti/c2*1-20(2,3)16-7-9-18-14(12-16)11-15-13-17(21(4,5)6)8-10-19(15)18;1-3-8-6-5-7-9(8)4-2;1-2-7-5-3-4-6-7;2*1-3-2;;;;;;/h2*7-13H,1-6H3;6H,3-5H2,1-2H3;3,5H,2,4H2,1H3;2*1-2H3;4*1H;;/q4*-1;;;;;;;;+2/p-4. The molecule has 0 spiro atoms. The van der Waals surface area contributed by atoms with Crippen molar-refractivity contribution in [3.05, 3.63) is 154 Å². The summed E-state index contributed by atoms with van der Waals surface area (Å²) in [5, 5.41) is 11.0. The van der Waals surface area contributed by atoms with Crippen LogP contribution in [0.15, 0.2) is 120 Å². The zero-order valence-corrected chi connectivity index (χ0v) is 54.5. The molecule has 8 heteroatoms. The fraction of sp³-hybridized carbons (Fsp3) is 0.452. The molecule has 2 aliphatic rings. The predicted molar refractivity (Wildman–Crippen MR) is 295 cm³/mol. The molecule has 0 radical (unpaired) electrons. The van der Waals surface area contributed by atoms with Crippen LogP contribution in [0, 0.1) is 12.2 Å². The van der Waals surface area contributed by atoms with Crippen molar-refractivity contribution in [2.45, 2.75) is 184 Å². The maximum Gasteiger partial charge on any atom is -1.00 e. The second-order valence-corrected chi connectivity index (χ2v) is 35.8. The van der Waals surface area contributed by atoms with Gasteiger partial charge in [-0.15, -0.1) is 92.3 Å². The van der Waals surface area contributed by atoms with Gasteiger partial charge in [0.15, 0.2) is 0 Å². The van der Waals surface area contributed by atoms with E-state index in [-0.39, 0.29) is 83.7 Å². The summed E-state index contributed by atoms with van der Waals surface area (Å²) in [6, 6.07) is 32.4. The molecule has 0 bridgehead atoms. The van der Waals surface area contributed by atoms with Crippen molar-refractivity contribution in [2.75, 3.05) is 0 Å². The fourth-order valence-electron chi connectivity index (χ4n) is 7.85. The molecule has 0 N–H and O–H groups in total. The van der Waals surface area contributed by atoms with E-state index in [0.29, 0.717) is 0 Å². The second kappa shape index (κ2) is 31.5. The second-order valence-electron chi connectivity index (χ2n) is 22.5.